The summed E-state index contributed by atoms with van der Waals surface area (Å²) in [5.74, 6) is 0. The van der Waals surface area contributed by atoms with Gasteiger partial charge in [-0.1, -0.05) is 6.92 Å². The summed E-state index contributed by atoms with van der Waals surface area (Å²) in [6, 6.07) is 2.41. The summed E-state index contributed by atoms with van der Waals surface area (Å²) in [5, 5.41) is 4.21. The normalized spacial score (nSPS) is 13.2. The largest absolute Gasteiger partial charge is 0.328 e. The lowest BCUT2D eigenvalue weighted by molar-refractivity contribution is 0.557. The summed E-state index contributed by atoms with van der Waals surface area (Å²) in [6.07, 6.45) is 5.02. The van der Waals surface area contributed by atoms with Crippen LogP contribution in [-0.4, -0.2) is 15.8 Å². The van der Waals surface area contributed by atoms with Gasteiger partial charge in [0, 0.05) is 24.5 Å². The molecule has 13 heavy (non-hydrogen) atoms. The van der Waals surface area contributed by atoms with Crippen LogP contribution in [0.15, 0.2) is 12.3 Å². The van der Waals surface area contributed by atoms with Crippen LogP contribution in [0.2, 0.25) is 0 Å². The lowest BCUT2D eigenvalue weighted by Gasteiger charge is -2.08. The molecular formula is C10H19N3. The number of rotatable bonds is 5. The topological polar surface area (TPSA) is 43.8 Å². The highest BCUT2D eigenvalue weighted by atomic mass is 15.3. The fraction of sp³-hybridized carbons (Fsp3) is 0.700. The van der Waals surface area contributed by atoms with E-state index in [0.717, 1.165) is 25.8 Å². The molecular weight excluding hydrogens is 162 g/mol. The molecule has 2 N–H and O–H groups in total. The third-order valence-electron chi connectivity index (χ3n) is 2.40. The molecule has 0 bridgehead atoms. The Labute approximate surface area is 79.9 Å². The van der Waals surface area contributed by atoms with Gasteiger partial charge >= 0.3 is 0 Å². The molecule has 0 saturated heterocycles. The summed E-state index contributed by atoms with van der Waals surface area (Å²) in [4.78, 5) is 0. The summed E-state index contributed by atoms with van der Waals surface area (Å²) in [7, 11) is 0. The molecule has 1 unspecified atom stereocenters. The molecule has 1 heterocycles. The molecule has 0 fully saturated rings. The van der Waals surface area contributed by atoms with Crippen molar-refractivity contribution in [2.45, 2.75) is 45.7 Å². The van der Waals surface area contributed by atoms with Gasteiger partial charge in [-0.25, -0.2) is 0 Å². The fourth-order valence-corrected chi connectivity index (χ4v) is 1.39. The van der Waals surface area contributed by atoms with E-state index < -0.39 is 0 Å². The van der Waals surface area contributed by atoms with E-state index in [9.17, 15) is 0 Å². The molecule has 1 atom stereocenters. The second-order valence-corrected chi connectivity index (χ2v) is 3.35. The lowest BCUT2D eigenvalue weighted by Crippen LogP contribution is -2.19. The minimum Gasteiger partial charge on any atom is -0.328 e. The average Bonchev–Trinajstić information content (AvgIpc) is 2.61. The van der Waals surface area contributed by atoms with E-state index in [1.165, 1.54) is 5.69 Å². The third kappa shape index (κ3) is 2.84. The Morgan fingerprint density at radius 2 is 2.31 bits per heavy atom. The highest BCUT2D eigenvalue weighted by Crippen LogP contribution is 2.05. The molecule has 0 aromatic carbocycles. The van der Waals surface area contributed by atoms with Crippen LogP contribution >= 0.6 is 0 Å². The van der Waals surface area contributed by atoms with Gasteiger partial charge < -0.3 is 5.73 Å². The van der Waals surface area contributed by atoms with Crippen molar-refractivity contribution in [3.8, 4) is 0 Å². The number of aryl methyl sites for hydroxylation is 2. The Hall–Kier alpha value is -0.830. The average molecular weight is 181 g/mol. The summed E-state index contributed by atoms with van der Waals surface area (Å²) in [6.45, 7) is 5.18. The van der Waals surface area contributed by atoms with E-state index in [2.05, 4.69) is 25.0 Å². The molecule has 3 heteroatoms. The van der Waals surface area contributed by atoms with Crippen LogP contribution in [0.1, 0.15) is 32.4 Å². The summed E-state index contributed by atoms with van der Waals surface area (Å²) < 4.78 is 2.03. The van der Waals surface area contributed by atoms with Gasteiger partial charge in [0.2, 0.25) is 0 Å². The van der Waals surface area contributed by atoms with E-state index in [4.69, 9.17) is 5.73 Å². The zero-order valence-corrected chi connectivity index (χ0v) is 8.53. The molecule has 0 spiro atoms. The lowest BCUT2D eigenvalue weighted by atomic mass is 10.1. The van der Waals surface area contributed by atoms with Gasteiger partial charge in [-0.15, -0.1) is 0 Å². The Bertz CT molecular complexity index is 242. The zero-order valence-electron chi connectivity index (χ0n) is 8.53. The number of nitrogens with two attached hydrogens (primary N) is 1. The van der Waals surface area contributed by atoms with Gasteiger partial charge in [-0.05, 0) is 32.3 Å². The van der Waals surface area contributed by atoms with Crippen molar-refractivity contribution >= 4 is 0 Å². The van der Waals surface area contributed by atoms with Crippen molar-refractivity contribution in [1.29, 1.82) is 0 Å². The van der Waals surface area contributed by atoms with Crippen LogP contribution in [0.5, 0.6) is 0 Å². The minimum atomic E-state index is 0.334. The van der Waals surface area contributed by atoms with E-state index in [0.29, 0.717) is 6.04 Å². The molecule has 74 valence electrons. The SMILES string of the molecule is CCC(N)CCc1ccnn1CC. The zero-order chi connectivity index (χ0) is 9.68. The smallest absolute Gasteiger partial charge is 0.0492 e. The molecule has 0 saturated carbocycles. The molecule has 1 aromatic heterocycles. The van der Waals surface area contributed by atoms with Gasteiger partial charge in [0.15, 0.2) is 0 Å². The second-order valence-electron chi connectivity index (χ2n) is 3.35. The third-order valence-corrected chi connectivity index (χ3v) is 2.40. The van der Waals surface area contributed by atoms with Crippen LogP contribution in [0, 0.1) is 0 Å². The predicted octanol–water partition coefficient (Wildman–Crippen LogP) is 1.57. The standard InChI is InChI=1S/C10H19N3/c1-3-9(11)5-6-10-7-8-12-13(10)4-2/h7-9H,3-6,11H2,1-2H3. The predicted molar refractivity (Wildman–Crippen MR) is 54.5 cm³/mol. The number of aromatic nitrogens is 2. The van der Waals surface area contributed by atoms with Crippen molar-refractivity contribution in [1.82, 2.24) is 9.78 Å². The maximum absolute atomic E-state index is 5.85. The van der Waals surface area contributed by atoms with E-state index in [-0.39, 0.29) is 0 Å². The molecule has 3 nitrogen and oxygen atoms in total. The Balaban J connectivity index is 2.44. The van der Waals surface area contributed by atoms with Crippen LogP contribution in [0.3, 0.4) is 0 Å². The fourth-order valence-electron chi connectivity index (χ4n) is 1.39. The van der Waals surface area contributed by atoms with Gasteiger partial charge in [0.1, 0.15) is 0 Å². The first-order valence-corrected chi connectivity index (χ1v) is 5.04. The van der Waals surface area contributed by atoms with Crippen molar-refractivity contribution in [3.63, 3.8) is 0 Å². The first-order chi connectivity index (χ1) is 6.27. The van der Waals surface area contributed by atoms with E-state index in [1.807, 2.05) is 10.9 Å². The first kappa shape index (κ1) is 10.3. The van der Waals surface area contributed by atoms with Crippen LogP contribution in [0.25, 0.3) is 0 Å². The van der Waals surface area contributed by atoms with Crippen LogP contribution in [-0.2, 0) is 13.0 Å². The van der Waals surface area contributed by atoms with Crippen LogP contribution in [0.4, 0.5) is 0 Å². The summed E-state index contributed by atoms with van der Waals surface area (Å²) in [5.41, 5.74) is 7.15. The Kier molecular flexibility index (Phi) is 3.96. The van der Waals surface area contributed by atoms with Gasteiger partial charge in [-0.3, -0.25) is 4.68 Å². The second kappa shape index (κ2) is 5.02. The van der Waals surface area contributed by atoms with Gasteiger partial charge in [-0.2, -0.15) is 5.10 Å². The molecule has 0 aliphatic rings. The van der Waals surface area contributed by atoms with E-state index in [1.54, 1.807) is 0 Å². The highest BCUT2D eigenvalue weighted by molar-refractivity contribution is 5.00. The Morgan fingerprint density at radius 3 is 2.92 bits per heavy atom. The maximum atomic E-state index is 5.85. The maximum Gasteiger partial charge on any atom is 0.0492 e. The quantitative estimate of drug-likeness (QED) is 0.749. The highest BCUT2D eigenvalue weighted by Gasteiger charge is 2.03. The summed E-state index contributed by atoms with van der Waals surface area (Å²) >= 11 is 0. The minimum absolute atomic E-state index is 0.334. The number of hydrogen-bond acceptors (Lipinski definition) is 2. The monoisotopic (exact) mass is 181 g/mol. The van der Waals surface area contributed by atoms with Crippen molar-refractivity contribution < 1.29 is 0 Å². The van der Waals surface area contributed by atoms with Crippen molar-refractivity contribution in [3.05, 3.63) is 18.0 Å². The number of nitrogens with zero attached hydrogens (tertiary/aromatic N) is 2. The molecule has 0 aliphatic carbocycles. The molecule has 0 amide bonds. The molecule has 1 rings (SSSR count). The van der Waals surface area contributed by atoms with Gasteiger partial charge in [0.25, 0.3) is 0 Å². The first-order valence-electron chi connectivity index (χ1n) is 5.04. The molecule has 0 radical (unpaired) electrons. The van der Waals surface area contributed by atoms with Gasteiger partial charge in [0.05, 0.1) is 0 Å². The van der Waals surface area contributed by atoms with Crippen LogP contribution < -0.4 is 5.73 Å². The molecule has 0 aliphatic heterocycles. The van der Waals surface area contributed by atoms with Crippen molar-refractivity contribution in [2.75, 3.05) is 0 Å². The molecule has 1 aromatic rings. The van der Waals surface area contributed by atoms with Crippen molar-refractivity contribution in [2.24, 2.45) is 5.73 Å². The Morgan fingerprint density at radius 1 is 1.54 bits per heavy atom. The van der Waals surface area contributed by atoms with E-state index >= 15 is 0 Å². The number of hydrogen-bond donors (Lipinski definition) is 1.